The van der Waals surface area contributed by atoms with Crippen molar-refractivity contribution in [1.82, 2.24) is 0 Å². The van der Waals surface area contributed by atoms with E-state index in [0.717, 1.165) is 6.08 Å². The molecule has 0 aliphatic carbocycles. The molecule has 0 saturated carbocycles. The lowest BCUT2D eigenvalue weighted by Crippen LogP contribution is -2.00. The molecule has 5 nitrogen and oxygen atoms in total. The van der Waals surface area contributed by atoms with E-state index in [0.29, 0.717) is 32.9 Å². The van der Waals surface area contributed by atoms with Gasteiger partial charge in [-0.3, -0.25) is 0 Å². The second-order valence-electron chi connectivity index (χ2n) is 3.67. The molecule has 0 amide bonds. The van der Waals surface area contributed by atoms with Crippen molar-refractivity contribution in [3.63, 3.8) is 0 Å². The topological polar surface area (TPSA) is 65.0 Å². The van der Waals surface area contributed by atoms with Gasteiger partial charge in [-0.05, 0) is 34.5 Å². The summed E-state index contributed by atoms with van der Waals surface area (Å²) in [5.74, 6) is 0.307. The maximum atomic E-state index is 10.8. The summed E-state index contributed by atoms with van der Waals surface area (Å²) in [5, 5.41) is 8.82. The quantitative estimate of drug-likeness (QED) is 0.841. The number of carboxylic acids is 1. The number of halogens is 1. The highest BCUT2D eigenvalue weighted by atomic mass is 79.9. The fourth-order valence-electron chi connectivity index (χ4n) is 1.73. The Balaban J connectivity index is 3.57. The van der Waals surface area contributed by atoms with Crippen molar-refractivity contribution < 1.29 is 24.1 Å². The van der Waals surface area contributed by atoms with E-state index in [9.17, 15) is 4.79 Å². The number of ether oxygens (including phenoxy) is 3. The van der Waals surface area contributed by atoms with Crippen LogP contribution in [-0.4, -0.2) is 32.4 Å². The van der Waals surface area contributed by atoms with Crippen molar-refractivity contribution in [3.8, 4) is 17.2 Å². The second kappa shape index (κ2) is 6.47. The molecule has 6 heteroatoms. The number of benzene rings is 1. The van der Waals surface area contributed by atoms with Crippen LogP contribution >= 0.6 is 15.9 Å². The van der Waals surface area contributed by atoms with E-state index in [-0.39, 0.29) is 0 Å². The molecular formula is C13H15BrO5. The zero-order valence-electron chi connectivity index (χ0n) is 11.1. The van der Waals surface area contributed by atoms with E-state index in [1.807, 2.05) is 0 Å². The maximum Gasteiger partial charge on any atom is 0.328 e. The second-order valence-corrected chi connectivity index (χ2v) is 4.53. The predicted octanol–water partition coefficient (Wildman–Crippen LogP) is 2.96. The Kier molecular flexibility index (Phi) is 5.23. The number of hydrogen-bond donors (Lipinski definition) is 1. The summed E-state index contributed by atoms with van der Waals surface area (Å²) in [5.41, 5.74) is 1.17. The zero-order chi connectivity index (χ0) is 14.6. The van der Waals surface area contributed by atoms with E-state index < -0.39 is 5.97 Å². The van der Waals surface area contributed by atoms with Gasteiger partial charge in [0.15, 0.2) is 11.5 Å². The Bertz CT molecular complexity index is 522. The third-order valence-electron chi connectivity index (χ3n) is 2.52. The lowest BCUT2D eigenvalue weighted by Gasteiger charge is -2.17. The van der Waals surface area contributed by atoms with Gasteiger partial charge in [-0.15, -0.1) is 0 Å². The largest absolute Gasteiger partial charge is 0.492 e. The monoisotopic (exact) mass is 330 g/mol. The smallest absolute Gasteiger partial charge is 0.328 e. The lowest BCUT2D eigenvalue weighted by atomic mass is 10.0. The highest BCUT2D eigenvalue weighted by molar-refractivity contribution is 9.10. The van der Waals surface area contributed by atoms with Crippen LogP contribution < -0.4 is 14.2 Å². The summed E-state index contributed by atoms with van der Waals surface area (Å²) < 4.78 is 16.5. The molecule has 1 N–H and O–H groups in total. The summed E-state index contributed by atoms with van der Waals surface area (Å²) in [6.07, 6.45) is 1.11. The third-order valence-corrected chi connectivity index (χ3v) is 3.11. The predicted molar refractivity (Wildman–Crippen MR) is 75.1 cm³/mol. The molecule has 0 aliphatic heterocycles. The van der Waals surface area contributed by atoms with Gasteiger partial charge in [0.05, 0.1) is 25.8 Å². The van der Waals surface area contributed by atoms with Crippen LogP contribution in [0.4, 0.5) is 0 Å². The van der Waals surface area contributed by atoms with Crippen LogP contribution in [0.5, 0.6) is 17.2 Å². The molecule has 0 radical (unpaired) electrons. The first-order valence-electron chi connectivity index (χ1n) is 5.36. The Morgan fingerprint density at radius 2 is 1.68 bits per heavy atom. The Labute approximate surface area is 119 Å². The van der Waals surface area contributed by atoms with Crippen molar-refractivity contribution in [1.29, 1.82) is 0 Å². The summed E-state index contributed by atoms with van der Waals surface area (Å²) in [6, 6.07) is 1.73. The highest BCUT2D eigenvalue weighted by Crippen LogP contribution is 2.46. The highest BCUT2D eigenvalue weighted by Gasteiger charge is 2.20. The molecule has 0 unspecified atom stereocenters. The molecule has 1 aromatic carbocycles. The van der Waals surface area contributed by atoms with Gasteiger partial charge in [0.1, 0.15) is 0 Å². The molecule has 1 rings (SSSR count). The fraction of sp³-hybridized carbons (Fsp3) is 0.308. The van der Waals surface area contributed by atoms with Gasteiger partial charge in [-0.25, -0.2) is 4.79 Å². The van der Waals surface area contributed by atoms with E-state index in [1.165, 1.54) is 21.3 Å². The minimum Gasteiger partial charge on any atom is -0.492 e. The molecule has 0 saturated heterocycles. The molecule has 0 aliphatic rings. The minimum atomic E-state index is -1.02. The number of carboxylic acid groups (broad SMARTS) is 1. The SMILES string of the molecule is COc1c(Br)cc(/C(C)=C/C(=O)O)c(OC)c1OC. The van der Waals surface area contributed by atoms with Crippen molar-refractivity contribution in [2.24, 2.45) is 0 Å². The van der Waals surface area contributed by atoms with Crippen LogP contribution in [0.15, 0.2) is 16.6 Å². The average molecular weight is 331 g/mol. The summed E-state index contributed by atoms with van der Waals surface area (Å²) in [7, 11) is 4.50. The van der Waals surface area contributed by atoms with Crippen LogP contribution in [-0.2, 0) is 4.79 Å². The van der Waals surface area contributed by atoms with Gasteiger partial charge in [0.2, 0.25) is 5.75 Å². The van der Waals surface area contributed by atoms with E-state index >= 15 is 0 Å². The Morgan fingerprint density at radius 3 is 2.11 bits per heavy atom. The van der Waals surface area contributed by atoms with Crippen LogP contribution in [0.25, 0.3) is 5.57 Å². The van der Waals surface area contributed by atoms with Crippen LogP contribution in [0.2, 0.25) is 0 Å². The van der Waals surface area contributed by atoms with Gasteiger partial charge in [-0.2, -0.15) is 0 Å². The van der Waals surface area contributed by atoms with Crippen LogP contribution in [0, 0.1) is 0 Å². The van der Waals surface area contributed by atoms with E-state index in [1.54, 1.807) is 13.0 Å². The molecule has 19 heavy (non-hydrogen) atoms. The zero-order valence-corrected chi connectivity index (χ0v) is 12.7. The van der Waals surface area contributed by atoms with Crippen molar-refractivity contribution in [2.75, 3.05) is 21.3 Å². The first-order valence-corrected chi connectivity index (χ1v) is 6.15. The van der Waals surface area contributed by atoms with Gasteiger partial charge in [0, 0.05) is 11.6 Å². The third kappa shape index (κ3) is 3.20. The molecule has 1 aromatic rings. The van der Waals surface area contributed by atoms with E-state index in [2.05, 4.69) is 15.9 Å². The number of rotatable bonds is 5. The van der Waals surface area contributed by atoms with E-state index in [4.69, 9.17) is 19.3 Å². The molecule has 0 fully saturated rings. The van der Waals surface area contributed by atoms with Crippen molar-refractivity contribution >= 4 is 27.5 Å². The van der Waals surface area contributed by atoms with Crippen molar-refractivity contribution in [3.05, 3.63) is 22.2 Å². The Morgan fingerprint density at radius 1 is 1.16 bits per heavy atom. The summed E-state index contributed by atoms with van der Waals surface area (Å²) in [6.45, 7) is 1.68. The fourth-order valence-corrected chi connectivity index (χ4v) is 2.30. The van der Waals surface area contributed by atoms with Crippen LogP contribution in [0.3, 0.4) is 0 Å². The minimum absolute atomic E-state index is 0.410. The molecule has 0 spiro atoms. The molecule has 104 valence electrons. The van der Waals surface area contributed by atoms with Crippen LogP contribution in [0.1, 0.15) is 12.5 Å². The summed E-state index contributed by atoms with van der Waals surface area (Å²) >= 11 is 3.36. The average Bonchev–Trinajstić information content (AvgIpc) is 2.36. The first-order chi connectivity index (χ1) is 8.96. The van der Waals surface area contributed by atoms with Gasteiger partial charge < -0.3 is 19.3 Å². The van der Waals surface area contributed by atoms with Gasteiger partial charge >= 0.3 is 5.97 Å². The first kappa shape index (κ1) is 15.4. The number of allylic oxidation sites excluding steroid dienone is 1. The molecule has 0 heterocycles. The number of carbonyl (C=O) groups is 1. The van der Waals surface area contributed by atoms with Crippen molar-refractivity contribution in [2.45, 2.75) is 6.92 Å². The number of aliphatic carboxylic acids is 1. The number of methoxy groups -OCH3 is 3. The van der Waals surface area contributed by atoms with Gasteiger partial charge in [-0.1, -0.05) is 0 Å². The lowest BCUT2D eigenvalue weighted by molar-refractivity contribution is -0.131. The molecular weight excluding hydrogens is 316 g/mol. The Hall–Kier alpha value is -1.69. The number of hydrogen-bond acceptors (Lipinski definition) is 4. The standard InChI is InChI=1S/C13H15BrO5/c1-7(5-10(15)16)8-6-9(14)12(18-3)13(19-4)11(8)17-2/h5-6H,1-4H3,(H,15,16)/b7-5+. The normalized spacial score (nSPS) is 11.1. The summed E-state index contributed by atoms with van der Waals surface area (Å²) in [4.78, 5) is 10.8. The molecule has 0 atom stereocenters. The molecule has 0 aromatic heterocycles. The van der Waals surface area contributed by atoms with Gasteiger partial charge in [0.25, 0.3) is 0 Å². The maximum absolute atomic E-state index is 10.8. The molecule has 0 bridgehead atoms.